The van der Waals surface area contributed by atoms with Crippen LogP contribution in [0.1, 0.15) is 12.0 Å². The highest BCUT2D eigenvalue weighted by molar-refractivity contribution is 5.66. The molecular formula is C15H17N3. The molecule has 3 rings (SSSR count). The number of hydrogen-bond donors (Lipinski definition) is 1. The summed E-state index contributed by atoms with van der Waals surface area (Å²) in [5.74, 6) is 0. The van der Waals surface area contributed by atoms with E-state index in [1.807, 2.05) is 12.1 Å². The molecule has 3 nitrogen and oxygen atoms in total. The number of aryl methyl sites for hydroxylation is 1. The topological polar surface area (TPSA) is 28.2 Å². The van der Waals surface area contributed by atoms with Crippen LogP contribution < -0.4 is 10.2 Å². The first-order valence-corrected chi connectivity index (χ1v) is 6.34. The van der Waals surface area contributed by atoms with Crippen molar-refractivity contribution in [2.24, 2.45) is 0 Å². The van der Waals surface area contributed by atoms with Gasteiger partial charge in [-0.2, -0.15) is 0 Å². The summed E-state index contributed by atoms with van der Waals surface area (Å²) in [6.45, 7) is 1.16. The zero-order valence-corrected chi connectivity index (χ0v) is 10.6. The number of fused-ring (bicyclic) bond motifs is 1. The van der Waals surface area contributed by atoms with Crippen LogP contribution in [0.2, 0.25) is 0 Å². The average molecular weight is 239 g/mol. The Morgan fingerprint density at radius 3 is 2.78 bits per heavy atom. The van der Waals surface area contributed by atoms with Gasteiger partial charge in [-0.3, -0.25) is 4.98 Å². The van der Waals surface area contributed by atoms with Gasteiger partial charge in [0.2, 0.25) is 0 Å². The van der Waals surface area contributed by atoms with E-state index >= 15 is 0 Å². The summed E-state index contributed by atoms with van der Waals surface area (Å²) in [6, 6.07) is 10.6. The van der Waals surface area contributed by atoms with Crippen LogP contribution >= 0.6 is 0 Å². The van der Waals surface area contributed by atoms with E-state index in [-0.39, 0.29) is 0 Å². The molecule has 0 radical (unpaired) electrons. The number of anilines is 3. The molecule has 1 N–H and O–H groups in total. The van der Waals surface area contributed by atoms with Gasteiger partial charge in [0, 0.05) is 43.0 Å². The van der Waals surface area contributed by atoms with Gasteiger partial charge in [0.15, 0.2) is 0 Å². The van der Waals surface area contributed by atoms with Crippen molar-refractivity contribution in [1.29, 1.82) is 0 Å². The molecule has 0 saturated carbocycles. The molecule has 3 heteroatoms. The molecular weight excluding hydrogens is 222 g/mol. The molecule has 0 bridgehead atoms. The minimum Gasteiger partial charge on any atom is -0.374 e. The standard InChI is InChI=1S/C15H17N3/c1-18-10-2-3-12-11-14(4-5-15(12)18)17-13-6-8-16-9-7-13/h4-9,11H,2-3,10H2,1H3,(H,16,17). The van der Waals surface area contributed by atoms with Crippen LogP contribution in [0.25, 0.3) is 0 Å². The maximum atomic E-state index is 4.02. The van der Waals surface area contributed by atoms with Crippen molar-refractivity contribution >= 4 is 17.1 Å². The molecule has 0 fully saturated rings. The van der Waals surface area contributed by atoms with E-state index in [4.69, 9.17) is 0 Å². The quantitative estimate of drug-likeness (QED) is 0.872. The van der Waals surface area contributed by atoms with Crippen molar-refractivity contribution in [3.63, 3.8) is 0 Å². The number of benzene rings is 1. The number of nitrogens with one attached hydrogen (secondary N) is 1. The number of aromatic nitrogens is 1. The highest BCUT2D eigenvalue weighted by Crippen LogP contribution is 2.29. The molecule has 0 aliphatic carbocycles. The largest absolute Gasteiger partial charge is 0.374 e. The molecule has 0 amide bonds. The van der Waals surface area contributed by atoms with E-state index in [0.717, 1.165) is 17.9 Å². The summed E-state index contributed by atoms with van der Waals surface area (Å²) >= 11 is 0. The monoisotopic (exact) mass is 239 g/mol. The fraction of sp³-hybridized carbons (Fsp3) is 0.267. The fourth-order valence-electron chi connectivity index (χ4n) is 2.46. The summed E-state index contributed by atoms with van der Waals surface area (Å²) in [5.41, 5.74) is 5.02. The zero-order valence-electron chi connectivity index (χ0n) is 10.6. The van der Waals surface area contributed by atoms with Crippen LogP contribution in [0.3, 0.4) is 0 Å². The third kappa shape index (κ3) is 2.16. The van der Waals surface area contributed by atoms with Gasteiger partial charge in [-0.25, -0.2) is 0 Å². The van der Waals surface area contributed by atoms with Crippen LogP contribution in [-0.4, -0.2) is 18.6 Å². The molecule has 0 unspecified atom stereocenters. The van der Waals surface area contributed by atoms with Gasteiger partial charge in [-0.15, -0.1) is 0 Å². The maximum absolute atomic E-state index is 4.02. The summed E-state index contributed by atoms with van der Waals surface area (Å²) in [6.07, 6.45) is 6.01. The normalized spacial score (nSPS) is 14.2. The van der Waals surface area contributed by atoms with Crippen molar-refractivity contribution in [3.05, 3.63) is 48.3 Å². The van der Waals surface area contributed by atoms with Crippen molar-refractivity contribution in [3.8, 4) is 0 Å². The molecule has 1 aromatic heterocycles. The van der Waals surface area contributed by atoms with Crippen molar-refractivity contribution < 1.29 is 0 Å². The molecule has 18 heavy (non-hydrogen) atoms. The molecule has 1 aromatic carbocycles. The first-order chi connectivity index (χ1) is 8.83. The number of nitrogens with zero attached hydrogens (tertiary/aromatic N) is 2. The Morgan fingerprint density at radius 1 is 1.11 bits per heavy atom. The molecule has 1 aliphatic rings. The van der Waals surface area contributed by atoms with Crippen LogP contribution in [0.15, 0.2) is 42.7 Å². The van der Waals surface area contributed by atoms with Gasteiger partial charge in [-0.05, 0) is 48.7 Å². The smallest absolute Gasteiger partial charge is 0.0415 e. The third-order valence-electron chi connectivity index (χ3n) is 3.40. The molecule has 2 aromatic rings. The number of rotatable bonds is 2. The van der Waals surface area contributed by atoms with E-state index in [0.29, 0.717) is 0 Å². The zero-order chi connectivity index (χ0) is 12.4. The first kappa shape index (κ1) is 11.1. The summed E-state index contributed by atoms with van der Waals surface area (Å²) in [5, 5.41) is 3.41. The number of hydrogen-bond acceptors (Lipinski definition) is 3. The van der Waals surface area contributed by atoms with Gasteiger partial charge < -0.3 is 10.2 Å². The summed E-state index contributed by atoms with van der Waals surface area (Å²) < 4.78 is 0. The van der Waals surface area contributed by atoms with E-state index in [1.54, 1.807) is 12.4 Å². The van der Waals surface area contributed by atoms with Gasteiger partial charge >= 0.3 is 0 Å². The minimum absolute atomic E-state index is 1.08. The van der Waals surface area contributed by atoms with Crippen molar-refractivity contribution in [1.82, 2.24) is 4.98 Å². The lowest BCUT2D eigenvalue weighted by Crippen LogP contribution is -2.24. The van der Waals surface area contributed by atoms with E-state index in [2.05, 4.69) is 40.4 Å². The first-order valence-electron chi connectivity index (χ1n) is 6.34. The second-order valence-corrected chi connectivity index (χ2v) is 4.73. The number of pyridine rings is 1. The van der Waals surface area contributed by atoms with Crippen LogP contribution in [0.4, 0.5) is 17.1 Å². The molecule has 0 atom stereocenters. The van der Waals surface area contributed by atoms with Gasteiger partial charge in [-0.1, -0.05) is 0 Å². The Bertz CT molecular complexity index is 537. The SMILES string of the molecule is CN1CCCc2cc(Nc3ccncc3)ccc21. The Hall–Kier alpha value is -2.03. The molecule has 1 aliphatic heterocycles. The second-order valence-electron chi connectivity index (χ2n) is 4.73. The lowest BCUT2D eigenvalue weighted by Gasteiger charge is -2.27. The Labute approximate surface area is 107 Å². The molecule has 0 saturated heterocycles. The predicted octanol–water partition coefficient (Wildman–Crippen LogP) is 3.21. The molecule has 2 heterocycles. The van der Waals surface area contributed by atoms with Gasteiger partial charge in [0.05, 0.1) is 0 Å². The predicted molar refractivity (Wildman–Crippen MR) is 75.6 cm³/mol. The van der Waals surface area contributed by atoms with Gasteiger partial charge in [0.25, 0.3) is 0 Å². The van der Waals surface area contributed by atoms with E-state index < -0.39 is 0 Å². The van der Waals surface area contributed by atoms with Crippen LogP contribution in [-0.2, 0) is 6.42 Å². The average Bonchev–Trinajstić information content (AvgIpc) is 2.40. The summed E-state index contributed by atoms with van der Waals surface area (Å²) in [4.78, 5) is 6.35. The molecule has 92 valence electrons. The van der Waals surface area contributed by atoms with E-state index in [1.165, 1.54) is 24.1 Å². The lowest BCUT2D eigenvalue weighted by atomic mass is 10.0. The van der Waals surface area contributed by atoms with Crippen LogP contribution in [0, 0.1) is 0 Å². The third-order valence-corrected chi connectivity index (χ3v) is 3.40. The maximum Gasteiger partial charge on any atom is 0.0415 e. The highest BCUT2D eigenvalue weighted by atomic mass is 15.1. The van der Waals surface area contributed by atoms with Crippen molar-refractivity contribution in [2.75, 3.05) is 23.8 Å². The Kier molecular flexibility index (Phi) is 2.89. The Morgan fingerprint density at radius 2 is 1.94 bits per heavy atom. The lowest BCUT2D eigenvalue weighted by molar-refractivity contribution is 0.745. The van der Waals surface area contributed by atoms with E-state index in [9.17, 15) is 0 Å². The fourth-order valence-corrected chi connectivity index (χ4v) is 2.46. The van der Waals surface area contributed by atoms with Crippen molar-refractivity contribution in [2.45, 2.75) is 12.8 Å². The second kappa shape index (κ2) is 4.69. The minimum atomic E-state index is 1.08. The highest BCUT2D eigenvalue weighted by Gasteiger charge is 2.13. The molecule has 0 spiro atoms. The summed E-state index contributed by atoms with van der Waals surface area (Å²) in [7, 11) is 2.16. The van der Waals surface area contributed by atoms with Gasteiger partial charge in [0.1, 0.15) is 0 Å². The Balaban J connectivity index is 1.86. The van der Waals surface area contributed by atoms with Crippen LogP contribution in [0.5, 0.6) is 0 Å².